The molecule has 0 saturated heterocycles. The van der Waals surface area contributed by atoms with Gasteiger partial charge in [0.05, 0.1) is 33.4 Å². The topological polar surface area (TPSA) is 74.2 Å². The molecule has 0 amide bonds. The van der Waals surface area contributed by atoms with Crippen molar-refractivity contribution in [3.05, 3.63) is 0 Å². The lowest BCUT2D eigenvalue weighted by molar-refractivity contribution is -0.906. The van der Waals surface area contributed by atoms with E-state index in [0.29, 0.717) is 19.8 Å². The molecule has 0 rings (SSSR count). The predicted molar refractivity (Wildman–Crippen MR) is 146 cm³/mol. The number of hydrogen-bond acceptors (Lipinski definition) is 5. The molecular weight excluding hydrogens is 465 g/mol. The summed E-state index contributed by atoms with van der Waals surface area (Å²) in [5.74, 6) is 0. The Morgan fingerprint density at radius 1 is 0.714 bits per heavy atom. The van der Waals surface area contributed by atoms with E-state index in [0.717, 1.165) is 24.0 Å². The van der Waals surface area contributed by atoms with Crippen molar-refractivity contribution in [3.8, 4) is 0 Å². The van der Waals surface area contributed by atoms with Crippen LogP contribution in [0.15, 0.2) is 0 Å². The smallest absolute Gasteiger partial charge is 0.379 e. The van der Waals surface area contributed by atoms with Gasteiger partial charge >= 0.3 is 7.82 Å². The fourth-order valence-corrected chi connectivity index (χ4v) is 4.67. The maximum atomic E-state index is 12.1. The van der Waals surface area contributed by atoms with Gasteiger partial charge < -0.3 is 18.9 Å². The van der Waals surface area contributed by atoms with Crippen LogP contribution in [0.4, 0.5) is 0 Å². The predicted octanol–water partition coefficient (Wildman–Crippen LogP) is 7.12. The Labute approximate surface area is 217 Å². The maximum Gasteiger partial charge on any atom is 0.472 e. The fraction of sp³-hybridized carbons (Fsp3) is 1.00. The van der Waals surface area contributed by atoms with E-state index in [1.54, 1.807) is 7.11 Å². The Hall–Kier alpha value is -0.0100. The highest BCUT2D eigenvalue weighted by atomic mass is 31.2. The molecule has 0 fully saturated rings. The Morgan fingerprint density at radius 3 is 1.66 bits per heavy atom. The van der Waals surface area contributed by atoms with Crippen LogP contribution in [0, 0.1) is 0 Å². The summed E-state index contributed by atoms with van der Waals surface area (Å²) in [6, 6.07) is 0. The molecule has 35 heavy (non-hydrogen) atoms. The monoisotopic (exact) mass is 524 g/mol. The number of hydrogen-bond donors (Lipinski definition) is 1. The lowest BCUT2D eigenvalue weighted by Crippen LogP contribution is -2.45. The average Bonchev–Trinajstić information content (AvgIpc) is 2.85. The van der Waals surface area contributed by atoms with E-state index in [2.05, 4.69) is 27.8 Å². The summed E-state index contributed by atoms with van der Waals surface area (Å²) in [5, 5.41) is 0. The Morgan fingerprint density at radius 2 is 1.20 bits per heavy atom. The zero-order chi connectivity index (χ0) is 26.3. The summed E-state index contributed by atoms with van der Waals surface area (Å²) >= 11 is 0. The van der Waals surface area contributed by atoms with Crippen LogP contribution in [0.2, 0.25) is 0 Å². The van der Waals surface area contributed by atoms with Crippen molar-refractivity contribution in [2.45, 2.75) is 117 Å². The normalized spacial score (nSPS) is 14.8. The van der Waals surface area contributed by atoms with Crippen molar-refractivity contribution in [3.63, 3.8) is 0 Å². The van der Waals surface area contributed by atoms with Crippen LogP contribution in [-0.4, -0.2) is 75.7 Å². The van der Waals surface area contributed by atoms with Gasteiger partial charge in [0.15, 0.2) is 0 Å². The zero-order valence-electron chi connectivity index (χ0n) is 23.8. The molecule has 0 aromatic carbocycles. The van der Waals surface area contributed by atoms with Gasteiger partial charge in [0.2, 0.25) is 0 Å². The van der Waals surface area contributed by atoms with E-state index in [1.807, 2.05) is 0 Å². The van der Waals surface area contributed by atoms with Crippen molar-refractivity contribution >= 4 is 7.82 Å². The molecule has 0 saturated carbocycles. The molecule has 8 heteroatoms. The third-order valence-corrected chi connectivity index (χ3v) is 8.10. The van der Waals surface area contributed by atoms with Crippen LogP contribution in [0.1, 0.15) is 111 Å². The minimum atomic E-state index is -4.09. The van der Waals surface area contributed by atoms with Gasteiger partial charge in [-0.2, -0.15) is 0 Å². The average molecular weight is 525 g/mol. The van der Waals surface area contributed by atoms with Gasteiger partial charge in [0, 0.05) is 13.7 Å². The molecule has 212 valence electrons. The Kier molecular flexibility index (Phi) is 23.1. The van der Waals surface area contributed by atoms with Crippen molar-refractivity contribution < 1.29 is 32.5 Å². The highest BCUT2D eigenvalue weighted by Gasteiger charge is 2.25. The molecule has 0 radical (unpaired) electrons. The summed E-state index contributed by atoms with van der Waals surface area (Å²) in [7, 11) is -0.434. The third-order valence-electron chi connectivity index (χ3n) is 7.12. The molecule has 0 bridgehead atoms. The van der Waals surface area contributed by atoms with Crippen LogP contribution in [0.25, 0.3) is 0 Å². The Bertz CT molecular complexity index is 504. The molecule has 2 atom stereocenters. The lowest BCUT2D eigenvalue weighted by atomic mass is 10.0. The van der Waals surface area contributed by atoms with E-state index in [1.165, 1.54) is 83.5 Å². The second-order valence-corrected chi connectivity index (χ2v) is 11.6. The second-order valence-electron chi connectivity index (χ2n) is 10.1. The number of nitrogens with zero attached hydrogens (tertiary/aromatic N) is 1. The van der Waals surface area contributed by atoms with Crippen LogP contribution >= 0.6 is 7.82 Å². The highest BCUT2D eigenvalue weighted by molar-refractivity contribution is 7.47. The van der Waals surface area contributed by atoms with Gasteiger partial charge in [0.25, 0.3) is 0 Å². The lowest BCUT2D eigenvalue weighted by Gasteiger charge is -2.32. The molecule has 0 aliphatic rings. The second kappa shape index (κ2) is 23.1. The van der Waals surface area contributed by atoms with Crippen molar-refractivity contribution in [1.82, 2.24) is 0 Å². The fourth-order valence-electron chi connectivity index (χ4n) is 3.93. The number of methoxy groups -OCH3 is 1. The number of unbranched alkanes of at least 4 members (excludes halogenated alkanes) is 13. The van der Waals surface area contributed by atoms with Crippen molar-refractivity contribution in [1.29, 1.82) is 0 Å². The molecule has 0 aliphatic carbocycles. The highest BCUT2D eigenvalue weighted by Crippen LogP contribution is 2.43. The van der Waals surface area contributed by atoms with Gasteiger partial charge in [-0.3, -0.25) is 9.05 Å². The van der Waals surface area contributed by atoms with E-state index in [4.69, 9.17) is 18.5 Å². The first kappa shape index (κ1) is 35.0. The Balaban J connectivity index is 3.63. The first-order valence-corrected chi connectivity index (χ1v) is 15.9. The minimum Gasteiger partial charge on any atom is -0.379 e. The largest absolute Gasteiger partial charge is 0.472 e. The van der Waals surface area contributed by atoms with Gasteiger partial charge in [-0.15, -0.1) is 0 Å². The van der Waals surface area contributed by atoms with Crippen molar-refractivity contribution in [2.75, 3.05) is 60.2 Å². The van der Waals surface area contributed by atoms with Gasteiger partial charge in [-0.05, 0) is 20.3 Å². The number of phosphoric ester groups is 1. The molecule has 0 aromatic heterocycles. The van der Waals surface area contributed by atoms with Gasteiger partial charge in [0.1, 0.15) is 19.3 Å². The van der Waals surface area contributed by atoms with Crippen LogP contribution in [-0.2, 0) is 23.1 Å². The molecule has 0 aromatic rings. The van der Waals surface area contributed by atoms with Gasteiger partial charge in [-0.25, -0.2) is 4.57 Å². The summed E-state index contributed by atoms with van der Waals surface area (Å²) in [4.78, 5) is 9.92. The van der Waals surface area contributed by atoms with E-state index in [9.17, 15) is 9.46 Å². The molecule has 0 spiro atoms. The van der Waals surface area contributed by atoms with E-state index < -0.39 is 13.9 Å². The third kappa shape index (κ3) is 21.8. The SMILES string of the molecule is CCCCCCCCCCCCCCCCOC[C@H](COP(=O)(O)OCC[N+](C)(CC)CC)OC. The molecule has 1 unspecified atom stereocenters. The molecule has 0 aliphatic heterocycles. The molecule has 0 heterocycles. The number of quaternary nitrogens is 1. The van der Waals surface area contributed by atoms with Gasteiger partial charge in [-0.1, -0.05) is 90.4 Å². The number of phosphoric acid groups is 1. The zero-order valence-corrected chi connectivity index (χ0v) is 24.7. The minimum absolute atomic E-state index is 0.0311. The maximum absolute atomic E-state index is 12.1. The molecule has 7 nitrogen and oxygen atoms in total. The van der Waals surface area contributed by atoms with E-state index >= 15 is 0 Å². The first-order valence-electron chi connectivity index (χ1n) is 14.4. The number of ether oxygens (including phenoxy) is 2. The summed E-state index contributed by atoms with van der Waals surface area (Å²) in [5.41, 5.74) is 0. The first-order chi connectivity index (χ1) is 16.8. The van der Waals surface area contributed by atoms with Crippen LogP contribution in [0.3, 0.4) is 0 Å². The van der Waals surface area contributed by atoms with E-state index in [-0.39, 0.29) is 13.2 Å². The standard InChI is InChI=1S/C27H58NO6P/c1-6-9-10-11-12-13-14-15-16-17-18-19-20-21-23-32-25-27(31-5)26-34-35(29,30)33-24-22-28(4,7-2)8-3/h27H,6-26H2,1-5H3/p+1/t27-/m1/s1. The number of rotatable bonds is 27. The summed E-state index contributed by atoms with van der Waals surface area (Å²) in [6.45, 7) is 10.2. The summed E-state index contributed by atoms with van der Waals surface area (Å²) < 4.78 is 34.2. The molecular formula is C27H59NO6P+. The van der Waals surface area contributed by atoms with Crippen molar-refractivity contribution in [2.24, 2.45) is 0 Å². The summed E-state index contributed by atoms with van der Waals surface area (Å²) in [6.07, 6.45) is 18.3. The quantitative estimate of drug-likeness (QED) is 0.0701. The number of likely N-dealkylation sites (N-methyl/N-ethyl adjacent to an activating group) is 1. The molecule has 1 N–H and O–H groups in total. The van der Waals surface area contributed by atoms with Crippen LogP contribution < -0.4 is 0 Å². The van der Waals surface area contributed by atoms with Crippen LogP contribution in [0.5, 0.6) is 0 Å².